The summed E-state index contributed by atoms with van der Waals surface area (Å²) in [4.78, 5) is 17.3. The average molecular weight is 415 g/mol. The molecule has 6 rings (SSSR count). The number of halogens is 3. The van der Waals surface area contributed by atoms with Crippen molar-refractivity contribution in [2.24, 2.45) is 15.9 Å². The summed E-state index contributed by atoms with van der Waals surface area (Å²) in [5.41, 5.74) is -0.584. The van der Waals surface area contributed by atoms with E-state index in [1.807, 2.05) is 0 Å². The number of alkyl halides is 1. The van der Waals surface area contributed by atoms with Gasteiger partial charge in [-0.2, -0.15) is 5.10 Å². The van der Waals surface area contributed by atoms with E-state index in [1.165, 1.54) is 30.4 Å². The number of rotatable bonds is 5. The number of carbonyl (C=O) groups excluding carboxylic acids is 1. The first-order valence-electron chi connectivity index (χ1n) is 9.82. The molecule has 0 saturated heterocycles. The van der Waals surface area contributed by atoms with Gasteiger partial charge in [-0.15, -0.1) is 0 Å². The zero-order valence-electron chi connectivity index (χ0n) is 16.3. The van der Waals surface area contributed by atoms with Crippen molar-refractivity contribution in [1.82, 2.24) is 9.99 Å². The van der Waals surface area contributed by atoms with Gasteiger partial charge in [-0.1, -0.05) is 0 Å². The minimum atomic E-state index is -1.28. The third-order valence-corrected chi connectivity index (χ3v) is 6.62. The van der Waals surface area contributed by atoms with Crippen molar-refractivity contribution in [3.63, 3.8) is 0 Å². The fourth-order valence-corrected chi connectivity index (χ4v) is 5.27. The second-order valence-electron chi connectivity index (χ2n) is 8.56. The molecular formula is C22H20F3N3O2. The highest BCUT2D eigenvalue weighted by Crippen LogP contribution is 2.78. The van der Waals surface area contributed by atoms with Crippen LogP contribution in [-0.4, -0.2) is 29.2 Å². The number of hydrogen-bond donors (Lipinski definition) is 0. The standard InChI is InChI=1S/C22H20F3N3O2/c1-30-16-2-4-26-17(9-16)19(25)21-10-22(11-21,12-21)20(29)28-18(3-5-27-28)13-6-14(23)8-15(24)7-13/h2,4-9,18-19H,3,10-12H2,1H3. The number of nitrogens with zero attached hydrogens (tertiary/aromatic N) is 3. The summed E-state index contributed by atoms with van der Waals surface area (Å²) in [6.07, 6.45) is 3.42. The molecule has 2 bridgehead atoms. The molecule has 5 nitrogen and oxygen atoms in total. The van der Waals surface area contributed by atoms with Crippen molar-refractivity contribution < 1.29 is 22.7 Å². The fourth-order valence-electron chi connectivity index (χ4n) is 5.27. The van der Waals surface area contributed by atoms with Gasteiger partial charge in [-0.25, -0.2) is 18.2 Å². The Morgan fingerprint density at radius 3 is 2.57 bits per heavy atom. The average Bonchev–Trinajstić information content (AvgIpc) is 3.15. The molecule has 30 heavy (non-hydrogen) atoms. The number of amides is 1. The molecule has 2 heterocycles. The number of benzene rings is 1. The Morgan fingerprint density at radius 1 is 1.20 bits per heavy atom. The maximum absolute atomic E-state index is 15.2. The number of hydrogen-bond acceptors (Lipinski definition) is 4. The van der Waals surface area contributed by atoms with Gasteiger partial charge >= 0.3 is 0 Å². The van der Waals surface area contributed by atoms with E-state index >= 15 is 4.39 Å². The Labute approximate surface area is 171 Å². The smallest absolute Gasteiger partial charge is 0.249 e. The molecule has 0 spiro atoms. The molecule has 3 saturated carbocycles. The molecule has 2 aromatic rings. The van der Waals surface area contributed by atoms with E-state index in [0.717, 1.165) is 6.07 Å². The van der Waals surface area contributed by atoms with Gasteiger partial charge in [-0.3, -0.25) is 9.78 Å². The number of aromatic nitrogens is 1. The Balaban J connectivity index is 1.31. The Kier molecular flexibility index (Phi) is 4.17. The van der Waals surface area contributed by atoms with E-state index in [2.05, 4.69) is 10.1 Å². The number of carbonyl (C=O) groups is 1. The van der Waals surface area contributed by atoms with Gasteiger partial charge < -0.3 is 4.74 Å². The normalized spacial score (nSPS) is 29.9. The molecule has 3 aliphatic carbocycles. The molecule has 1 aromatic carbocycles. The monoisotopic (exact) mass is 415 g/mol. The molecule has 8 heteroatoms. The van der Waals surface area contributed by atoms with E-state index in [-0.39, 0.29) is 5.91 Å². The van der Waals surface area contributed by atoms with E-state index < -0.39 is 34.7 Å². The lowest BCUT2D eigenvalue weighted by Gasteiger charge is -2.70. The lowest BCUT2D eigenvalue weighted by atomic mass is 9.33. The van der Waals surface area contributed by atoms with Crippen molar-refractivity contribution in [3.05, 3.63) is 59.4 Å². The summed E-state index contributed by atoms with van der Waals surface area (Å²) < 4.78 is 47.6. The summed E-state index contributed by atoms with van der Waals surface area (Å²) in [5.74, 6) is -1.06. The first-order valence-corrected chi connectivity index (χ1v) is 9.82. The van der Waals surface area contributed by atoms with Crippen molar-refractivity contribution >= 4 is 12.1 Å². The zero-order valence-corrected chi connectivity index (χ0v) is 16.3. The summed E-state index contributed by atoms with van der Waals surface area (Å²) in [7, 11) is 1.51. The minimum Gasteiger partial charge on any atom is -0.497 e. The van der Waals surface area contributed by atoms with Crippen LogP contribution in [-0.2, 0) is 4.79 Å². The highest BCUT2D eigenvalue weighted by molar-refractivity contribution is 5.88. The summed E-state index contributed by atoms with van der Waals surface area (Å²) in [5, 5.41) is 5.48. The van der Waals surface area contributed by atoms with Crippen LogP contribution in [0.3, 0.4) is 0 Å². The van der Waals surface area contributed by atoms with Crippen LogP contribution >= 0.6 is 0 Å². The number of ether oxygens (including phenoxy) is 1. The van der Waals surface area contributed by atoms with Gasteiger partial charge in [-0.05, 0) is 43.0 Å². The lowest BCUT2D eigenvalue weighted by Crippen LogP contribution is -2.69. The quantitative estimate of drug-likeness (QED) is 0.722. The largest absolute Gasteiger partial charge is 0.497 e. The van der Waals surface area contributed by atoms with E-state index in [9.17, 15) is 13.6 Å². The van der Waals surface area contributed by atoms with Crippen LogP contribution in [0.15, 0.2) is 41.6 Å². The first kappa shape index (κ1) is 19.1. The van der Waals surface area contributed by atoms with Crippen LogP contribution in [0.25, 0.3) is 0 Å². The molecule has 0 radical (unpaired) electrons. The van der Waals surface area contributed by atoms with Gasteiger partial charge in [0.2, 0.25) is 5.91 Å². The van der Waals surface area contributed by atoms with Gasteiger partial charge in [0.15, 0.2) is 0 Å². The fraction of sp³-hybridized carbons (Fsp3) is 0.409. The summed E-state index contributed by atoms with van der Waals surface area (Å²) >= 11 is 0. The first-order chi connectivity index (χ1) is 14.4. The van der Waals surface area contributed by atoms with Crippen molar-refractivity contribution in [2.45, 2.75) is 37.9 Å². The van der Waals surface area contributed by atoms with Crippen LogP contribution in [0.4, 0.5) is 13.2 Å². The van der Waals surface area contributed by atoms with Crippen molar-refractivity contribution in [1.29, 1.82) is 0 Å². The van der Waals surface area contributed by atoms with E-state index in [1.54, 1.807) is 18.3 Å². The Hall–Kier alpha value is -2.90. The molecule has 4 aliphatic rings. The topological polar surface area (TPSA) is 54.8 Å². The number of methoxy groups -OCH3 is 1. The zero-order chi connectivity index (χ0) is 21.1. The second-order valence-corrected chi connectivity index (χ2v) is 8.56. The SMILES string of the molecule is COc1ccnc(C(F)C23CC(C(=O)N4N=CCC4c4cc(F)cc(F)c4)(C2)C3)c1. The van der Waals surface area contributed by atoms with Gasteiger partial charge in [0, 0.05) is 36.4 Å². The molecule has 1 amide bonds. The predicted molar refractivity (Wildman–Crippen MR) is 102 cm³/mol. The van der Waals surface area contributed by atoms with Crippen molar-refractivity contribution in [3.8, 4) is 5.75 Å². The second kappa shape index (κ2) is 6.55. The predicted octanol–water partition coefficient (Wildman–Crippen LogP) is 4.51. The molecule has 3 fully saturated rings. The van der Waals surface area contributed by atoms with Crippen LogP contribution < -0.4 is 4.74 Å². The maximum Gasteiger partial charge on any atom is 0.249 e. The molecule has 2 atom stereocenters. The number of hydrazone groups is 1. The summed E-state index contributed by atoms with van der Waals surface area (Å²) in [6, 6.07) is 5.93. The van der Waals surface area contributed by atoms with Crippen molar-refractivity contribution in [2.75, 3.05) is 7.11 Å². The Morgan fingerprint density at radius 2 is 1.90 bits per heavy atom. The van der Waals surface area contributed by atoms with Crippen LogP contribution in [0.1, 0.15) is 49.2 Å². The highest BCUT2D eigenvalue weighted by atomic mass is 19.1. The van der Waals surface area contributed by atoms with Gasteiger partial charge in [0.25, 0.3) is 0 Å². The van der Waals surface area contributed by atoms with Gasteiger partial charge in [0.05, 0.1) is 24.3 Å². The molecule has 0 N–H and O–H groups in total. The third-order valence-electron chi connectivity index (χ3n) is 6.62. The van der Waals surface area contributed by atoms with Crippen LogP contribution in [0.2, 0.25) is 0 Å². The molecule has 2 unspecified atom stereocenters. The molecular weight excluding hydrogens is 395 g/mol. The molecule has 1 aromatic heterocycles. The van der Waals surface area contributed by atoms with E-state index in [0.29, 0.717) is 42.7 Å². The lowest BCUT2D eigenvalue weighted by molar-refractivity contribution is -0.242. The van der Waals surface area contributed by atoms with Crippen LogP contribution in [0.5, 0.6) is 5.75 Å². The highest BCUT2D eigenvalue weighted by Gasteiger charge is 2.75. The summed E-state index contributed by atoms with van der Waals surface area (Å²) in [6.45, 7) is 0. The van der Waals surface area contributed by atoms with Gasteiger partial charge in [0.1, 0.15) is 23.6 Å². The minimum absolute atomic E-state index is 0.210. The maximum atomic E-state index is 15.2. The van der Waals surface area contributed by atoms with E-state index in [4.69, 9.17) is 4.74 Å². The molecule has 156 valence electrons. The number of pyridine rings is 1. The van der Waals surface area contributed by atoms with Crippen LogP contribution in [0, 0.1) is 22.5 Å². The Bertz CT molecular complexity index is 1020. The molecule has 1 aliphatic heterocycles. The third kappa shape index (κ3) is 2.73.